The number of benzene rings is 1. The van der Waals surface area contributed by atoms with Gasteiger partial charge in [0.05, 0.1) is 0 Å². The minimum Gasteiger partial charge on any atom is -0.439 e. The van der Waals surface area contributed by atoms with E-state index in [9.17, 15) is 9.18 Å². The highest BCUT2D eigenvalue weighted by atomic mass is 35.5. The predicted octanol–water partition coefficient (Wildman–Crippen LogP) is 3.46. The molecule has 0 spiro atoms. The number of ether oxygens (including phenoxy) is 1. The summed E-state index contributed by atoms with van der Waals surface area (Å²) in [7, 11) is 0. The van der Waals surface area contributed by atoms with E-state index in [0.717, 1.165) is 5.56 Å². The zero-order valence-electron chi connectivity index (χ0n) is 13.9. The second kappa shape index (κ2) is 10.9. The highest BCUT2D eigenvalue weighted by molar-refractivity contribution is 5.85. The lowest BCUT2D eigenvalue weighted by atomic mass is 10.0. The number of nitrogens with two attached hydrogens (primary N) is 1. The molecule has 0 aliphatic heterocycles. The lowest BCUT2D eigenvalue weighted by molar-refractivity contribution is -0.125. The smallest absolute Gasteiger partial charge is 0.224 e. The summed E-state index contributed by atoms with van der Waals surface area (Å²) < 4.78 is 18.3. The van der Waals surface area contributed by atoms with Crippen LogP contribution in [0.3, 0.4) is 0 Å². The van der Waals surface area contributed by atoms with Gasteiger partial charge in [0, 0.05) is 30.8 Å². The number of hydrogen-bond donors (Lipinski definition) is 2. The van der Waals surface area contributed by atoms with Gasteiger partial charge in [-0.2, -0.15) is 0 Å². The average Bonchev–Trinajstić information content (AvgIpc) is 2.55. The summed E-state index contributed by atoms with van der Waals surface area (Å²) in [5.74, 6) is 0.245. The minimum atomic E-state index is -0.322. The molecule has 0 bridgehead atoms. The van der Waals surface area contributed by atoms with Crippen LogP contribution in [0.2, 0.25) is 0 Å². The summed E-state index contributed by atoms with van der Waals surface area (Å²) in [5, 5.41) is 2.81. The molecule has 25 heavy (non-hydrogen) atoms. The maximum atomic E-state index is 12.8. The number of aromatic nitrogens is 1. The molecule has 2 aromatic rings. The van der Waals surface area contributed by atoms with Gasteiger partial charge in [0.1, 0.15) is 11.6 Å². The molecular formula is C17H22Cl2FN3O2. The van der Waals surface area contributed by atoms with E-state index in [4.69, 9.17) is 10.5 Å². The molecule has 5 nitrogen and oxygen atoms in total. The molecule has 3 N–H and O–H groups in total. The molecule has 0 radical (unpaired) electrons. The molecule has 0 saturated carbocycles. The molecular weight excluding hydrogens is 368 g/mol. The summed E-state index contributed by atoms with van der Waals surface area (Å²) >= 11 is 0. The van der Waals surface area contributed by atoms with Crippen molar-refractivity contribution in [3.8, 4) is 11.6 Å². The van der Waals surface area contributed by atoms with Gasteiger partial charge >= 0.3 is 0 Å². The Kier molecular flexibility index (Phi) is 10.0. The number of carbonyl (C=O) groups excluding carboxylic acids is 1. The lowest BCUT2D eigenvalue weighted by Crippen LogP contribution is -2.38. The van der Waals surface area contributed by atoms with Crippen LogP contribution < -0.4 is 15.8 Å². The molecule has 1 heterocycles. The maximum absolute atomic E-state index is 12.8. The van der Waals surface area contributed by atoms with Crippen molar-refractivity contribution in [1.82, 2.24) is 10.3 Å². The summed E-state index contributed by atoms with van der Waals surface area (Å²) in [6.45, 7) is 3.96. The molecule has 2 unspecified atom stereocenters. The van der Waals surface area contributed by atoms with Crippen molar-refractivity contribution in [3.63, 3.8) is 0 Å². The van der Waals surface area contributed by atoms with Crippen molar-refractivity contribution in [1.29, 1.82) is 0 Å². The van der Waals surface area contributed by atoms with Crippen LogP contribution in [0.5, 0.6) is 11.6 Å². The fourth-order valence-electron chi connectivity index (χ4n) is 1.79. The number of nitrogens with zero attached hydrogens (tertiary/aromatic N) is 1. The summed E-state index contributed by atoms with van der Waals surface area (Å²) in [6, 6.07) is 9.00. The van der Waals surface area contributed by atoms with Crippen molar-refractivity contribution < 1.29 is 13.9 Å². The molecule has 0 fully saturated rings. The minimum absolute atomic E-state index is 0. The fourth-order valence-corrected chi connectivity index (χ4v) is 1.79. The Morgan fingerprint density at radius 2 is 1.84 bits per heavy atom. The van der Waals surface area contributed by atoms with E-state index >= 15 is 0 Å². The highest BCUT2D eigenvalue weighted by Crippen LogP contribution is 2.19. The Morgan fingerprint density at radius 3 is 2.36 bits per heavy atom. The largest absolute Gasteiger partial charge is 0.439 e. The van der Waals surface area contributed by atoms with E-state index in [0.29, 0.717) is 18.2 Å². The topological polar surface area (TPSA) is 77.2 Å². The molecule has 1 amide bonds. The van der Waals surface area contributed by atoms with Gasteiger partial charge in [-0.05, 0) is 36.8 Å². The van der Waals surface area contributed by atoms with E-state index in [1.165, 1.54) is 24.3 Å². The molecule has 138 valence electrons. The van der Waals surface area contributed by atoms with Gasteiger partial charge in [-0.3, -0.25) is 4.79 Å². The standard InChI is InChI=1S/C17H20FN3O2.2ClH/c1-11(12(2)19)17(22)21-10-13-3-8-16(20-9-13)23-15-6-4-14(18)5-7-15;;/h3-9,11-12H,10,19H2,1-2H3,(H,21,22);2*1H. The second-order valence-electron chi connectivity index (χ2n) is 5.43. The summed E-state index contributed by atoms with van der Waals surface area (Å²) in [6.07, 6.45) is 1.62. The Hall–Kier alpha value is -1.89. The van der Waals surface area contributed by atoms with Gasteiger partial charge in [-0.15, -0.1) is 24.8 Å². The van der Waals surface area contributed by atoms with E-state index in [-0.39, 0.29) is 48.5 Å². The van der Waals surface area contributed by atoms with E-state index in [1.807, 2.05) is 6.07 Å². The van der Waals surface area contributed by atoms with Crippen LogP contribution in [-0.4, -0.2) is 16.9 Å². The highest BCUT2D eigenvalue weighted by Gasteiger charge is 2.16. The van der Waals surface area contributed by atoms with Gasteiger partial charge in [-0.25, -0.2) is 9.37 Å². The van der Waals surface area contributed by atoms with Gasteiger partial charge in [0.15, 0.2) is 0 Å². The molecule has 0 aliphatic carbocycles. The van der Waals surface area contributed by atoms with Crippen LogP contribution in [0.1, 0.15) is 19.4 Å². The van der Waals surface area contributed by atoms with Crippen LogP contribution >= 0.6 is 24.8 Å². The van der Waals surface area contributed by atoms with E-state index in [1.54, 1.807) is 26.1 Å². The Balaban J connectivity index is 0.00000288. The molecule has 2 rings (SSSR count). The molecule has 1 aromatic carbocycles. The van der Waals surface area contributed by atoms with Crippen LogP contribution in [0.15, 0.2) is 42.6 Å². The third-order valence-electron chi connectivity index (χ3n) is 3.50. The average molecular weight is 390 g/mol. The quantitative estimate of drug-likeness (QED) is 0.792. The molecule has 0 saturated heterocycles. The van der Waals surface area contributed by atoms with E-state index < -0.39 is 0 Å². The zero-order chi connectivity index (χ0) is 16.8. The number of rotatable bonds is 6. The van der Waals surface area contributed by atoms with Crippen molar-refractivity contribution in [2.75, 3.05) is 0 Å². The molecule has 2 atom stereocenters. The van der Waals surface area contributed by atoms with Gasteiger partial charge in [0.2, 0.25) is 11.8 Å². The van der Waals surface area contributed by atoms with Crippen molar-refractivity contribution in [2.45, 2.75) is 26.4 Å². The lowest BCUT2D eigenvalue weighted by Gasteiger charge is -2.15. The maximum Gasteiger partial charge on any atom is 0.224 e. The first-order chi connectivity index (χ1) is 11.0. The Morgan fingerprint density at radius 1 is 1.20 bits per heavy atom. The van der Waals surface area contributed by atoms with Crippen LogP contribution in [0.4, 0.5) is 4.39 Å². The van der Waals surface area contributed by atoms with Gasteiger partial charge in [0.25, 0.3) is 0 Å². The third kappa shape index (κ3) is 7.25. The predicted molar refractivity (Wildman–Crippen MR) is 99.9 cm³/mol. The van der Waals surface area contributed by atoms with Crippen molar-refractivity contribution in [3.05, 3.63) is 54.0 Å². The number of hydrogen-bond acceptors (Lipinski definition) is 4. The molecule has 1 aromatic heterocycles. The first-order valence-corrected chi connectivity index (χ1v) is 7.37. The van der Waals surface area contributed by atoms with Crippen molar-refractivity contribution in [2.24, 2.45) is 11.7 Å². The van der Waals surface area contributed by atoms with Crippen LogP contribution in [0, 0.1) is 11.7 Å². The van der Waals surface area contributed by atoms with Crippen LogP contribution in [0.25, 0.3) is 0 Å². The summed E-state index contributed by atoms with van der Waals surface area (Å²) in [5.41, 5.74) is 6.54. The fraction of sp³-hybridized carbons (Fsp3) is 0.294. The summed E-state index contributed by atoms with van der Waals surface area (Å²) in [4.78, 5) is 16.0. The zero-order valence-corrected chi connectivity index (χ0v) is 15.6. The van der Waals surface area contributed by atoms with Crippen LogP contribution in [-0.2, 0) is 11.3 Å². The van der Waals surface area contributed by atoms with Gasteiger partial charge < -0.3 is 15.8 Å². The second-order valence-corrected chi connectivity index (χ2v) is 5.43. The van der Waals surface area contributed by atoms with Crippen molar-refractivity contribution >= 4 is 30.7 Å². The first-order valence-electron chi connectivity index (χ1n) is 7.37. The number of pyridine rings is 1. The third-order valence-corrected chi connectivity index (χ3v) is 3.50. The van der Waals surface area contributed by atoms with E-state index in [2.05, 4.69) is 10.3 Å². The van der Waals surface area contributed by atoms with Gasteiger partial charge in [-0.1, -0.05) is 13.0 Å². The monoisotopic (exact) mass is 389 g/mol. The molecule has 8 heteroatoms. The molecule has 0 aliphatic rings. The number of carbonyl (C=O) groups is 1. The first kappa shape index (κ1) is 23.1. The Labute approximate surface area is 159 Å². The number of nitrogens with one attached hydrogen (secondary N) is 1. The Bertz CT molecular complexity index is 652. The SMILES string of the molecule is CC(N)C(C)C(=O)NCc1ccc(Oc2ccc(F)cc2)nc1.Cl.Cl. The number of amides is 1. The number of halogens is 3. The normalized spacial score (nSPS) is 12.2.